The molecule has 1 fully saturated rings. The van der Waals surface area contributed by atoms with Gasteiger partial charge in [-0.05, 0) is 41.7 Å². The van der Waals surface area contributed by atoms with Crippen LogP contribution in [0.2, 0.25) is 0 Å². The van der Waals surface area contributed by atoms with E-state index in [1.54, 1.807) is 48.5 Å². The number of carbonyl (C=O) groups excluding carboxylic acids is 5. The highest BCUT2D eigenvalue weighted by Gasteiger charge is 2.36. The zero-order valence-corrected chi connectivity index (χ0v) is 30.1. The minimum atomic E-state index is -4.55. The second-order valence-electron chi connectivity index (χ2n) is 13.5. The topological polar surface area (TPSA) is 116 Å². The van der Waals surface area contributed by atoms with E-state index >= 15 is 0 Å². The van der Waals surface area contributed by atoms with Gasteiger partial charge in [-0.15, -0.1) is 0 Å². The minimum Gasteiger partial charge on any atom is -0.354 e. The number of benzene rings is 4. The van der Waals surface area contributed by atoms with Crippen LogP contribution in [-0.4, -0.2) is 78.0 Å². The molecule has 4 amide bonds. The summed E-state index contributed by atoms with van der Waals surface area (Å²) in [7, 11) is 2.96. The first kappa shape index (κ1) is 39.4. The standard InChI is InChI=1S/C42H43F3N4O5/c1-48-36(27-30-18-22-33(23-19-30)42(43,44)45)40(53)47-34(25-29-16-20-32(21-17-29)38(51)31-13-7-4-8-14-31)41(54)49(2)35(26-28-11-5-3-6-12-28)39(52)46-24-10-9-15-37(48)50/h3-8,11-14,16-23,34-36H,9-10,15,24-27H2,1-2H3,(H,46,52)(H,47,53)/t34-,35-,36-/m0/s1. The van der Waals surface area contributed by atoms with Gasteiger partial charge >= 0.3 is 6.18 Å². The van der Waals surface area contributed by atoms with Crippen LogP contribution in [0.4, 0.5) is 13.2 Å². The number of rotatable bonds is 8. The molecule has 54 heavy (non-hydrogen) atoms. The number of nitrogens with zero attached hydrogens (tertiary/aromatic N) is 2. The van der Waals surface area contributed by atoms with E-state index < -0.39 is 41.7 Å². The van der Waals surface area contributed by atoms with Crippen molar-refractivity contribution in [2.45, 2.75) is 62.8 Å². The molecule has 3 atom stereocenters. The predicted octanol–water partition coefficient (Wildman–Crippen LogP) is 5.40. The van der Waals surface area contributed by atoms with Crippen LogP contribution < -0.4 is 10.6 Å². The van der Waals surface area contributed by atoms with Crippen molar-refractivity contribution < 1.29 is 37.1 Å². The van der Waals surface area contributed by atoms with E-state index in [4.69, 9.17) is 0 Å². The van der Waals surface area contributed by atoms with Gasteiger partial charge < -0.3 is 20.4 Å². The number of ketones is 1. The lowest BCUT2D eigenvalue weighted by molar-refractivity contribution is -0.143. The molecular weight excluding hydrogens is 697 g/mol. The van der Waals surface area contributed by atoms with E-state index in [0.29, 0.717) is 35.1 Å². The van der Waals surface area contributed by atoms with Gasteiger partial charge in [-0.1, -0.05) is 97.1 Å². The molecule has 1 saturated heterocycles. The molecule has 9 nitrogen and oxygen atoms in total. The number of carbonyl (C=O) groups is 5. The Balaban J connectivity index is 1.49. The van der Waals surface area contributed by atoms with Crippen molar-refractivity contribution in [1.29, 1.82) is 0 Å². The van der Waals surface area contributed by atoms with Crippen LogP contribution in [0, 0.1) is 0 Å². The first-order chi connectivity index (χ1) is 25.8. The summed E-state index contributed by atoms with van der Waals surface area (Å²) in [5, 5.41) is 5.73. The average Bonchev–Trinajstić information content (AvgIpc) is 3.18. The molecule has 0 aromatic heterocycles. The molecule has 1 aliphatic heterocycles. The molecule has 0 saturated carbocycles. The molecule has 5 rings (SSSR count). The van der Waals surface area contributed by atoms with E-state index in [1.807, 2.05) is 36.4 Å². The molecule has 2 N–H and O–H groups in total. The molecule has 4 aromatic rings. The molecule has 0 spiro atoms. The number of likely N-dealkylation sites (N-methyl/N-ethyl adjacent to an activating group) is 2. The van der Waals surface area contributed by atoms with Crippen molar-refractivity contribution >= 4 is 29.4 Å². The third kappa shape index (κ3) is 10.2. The Labute approximate surface area is 312 Å². The lowest BCUT2D eigenvalue weighted by Gasteiger charge is -2.33. The van der Waals surface area contributed by atoms with Gasteiger partial charge in [0.1, 0.15) is 18.1 Å². The van der Waals surface area contributed by atoms with Gasteiger partial charge in [0.2, 0.25) is 23.6 Å². The molecule has 12 heteroatoms. The minimum absolute atomic E-state index is 0.0287. The number of nitrogens with one attached hydrogen (secondary N) is 2. The summed E-state index contributed by atoms with van der Waals surface area (Å²) in [5.41, 5.74) is 1.90. The number of hydrogen-bond acceptors (Lipinski definition) is 5. The molecule has 0 bridgehead atoms. The first-order valence-electron chi connectivity index (χ1n) is 17.8. The Morgan fingerprint density at radius 1 is 0.648 bits per heavy atom. The molecular formula is C42H43F3N4O5. The number of hydrogen-bond donors (Lipinski definition) is 2. The van der Waals surface area contributed by atoms with Crippen LogP contribution in [0.15, 0.2) is 109 Å². The third-order valence-electron chi connectivity index (χ3n) is 9.69. The second-order valence-corrected chi connectivity index (χ2v) is 13.5. The van der Waals surface area contributed by atoms with E-state index in [-0.39, 0.29) is 49.8 Å². The summed E-state index contributed by atoms with van der Waals surface area (Å²) < 4.78 is 39.9. The summed E-state index contributed by atoms with van der Waals surface area (Å²) in [6, 6.07) is 25.7. The molecule has 1 heterocycles. The maximum absolute atomic E-state index is 14.5. The van der Waals surface area contributed by atoms with Crippen LogP contribution in [0.3, 0.4) is 0 Å². The number of halogens is 3. The summed E-state index contributed by atoms with van der Waals surface area (Å²) in [4.78, 5) is 71.4. The summed E-state index contributed by atoms with van der Waals surface area (Å²) in [6.07, 6.45) is -3.57. The Bertz CT molecular complexity index is 1920. The molecule has 0 unspecified atom stereocenters. The van der Waals surface area contributed by atoms with Crippen LogP contribution in [-0.2, 0) is 44.6 Å². The fourth-order valence-corrected chi connectivity index (χ4v) is 6.43. The zero-order valence-electron chi connectivity index (χ0n) is 30.1. The summed E-state index contributed by atoms with van der Waals surface area (Å²) in [6.45, 7) is 0.257. The van der Waals surface area contributed by atoms with Crippen molar-refractivity contribution in [3.8, 4) is 0 Å². The monoisotopic (exact) mass is 740 g/mol. The fourth-order valence-electron chi connectivity index (χ4n) is 6.43. The summed E-state index contributed by atoms with van der Waals surface area (Å²) in [5.74, 6) is -2.20. The Kier molecular flexibility index (Phi) is 13.0. The van der Waals surface area contributed by atoms with Crippen LogP contribution in [0.1, 0.15) is 57.4 Å². The first-order valence-corrected chi connectivity index (χ1v) is 17.8. The molecule has 0 aliphatic carbocycles. The largest absolute Gasteiger partial charge is 0.416 e. The lowest BCUT2D eigenvalue weighted by Crippen LogP contribution is -2.58. The molecule has 4 aromatic carbocycles. The van der Waals surface area contributed by atoms with Crippen LogP contribution >= 0.6 is 0 Å². The highest BCUT2D eigenvalue weighted by Crippen LogP contribution is 2.29. The fraction of sp³-hybridized carbons (Fsp3) is 0.310. The van der Waals surface area contributed by atoms with Gasteiger partial charge in [-0.3, -0.25) is 24.0 Å². The third-order valence-corrected chi connectivity index (χ3v) is 9.69. The molecule has 0 radical (unpaired) electrons. The highest BCUT2D eigenvalue weighted by atomic mass is 19.4. The van der Waals surface area contributed by atoms with Crippen molar-refractivity contribution in [3.63, 3.8) is 0 Å². The van der Waals surface area contributed by atoms with Gasteiger partial charge in [0.15, 0.2) is 5.78 Å². The van der Waals surface area contributed by atoms with Crippen LogP contribution in [0.25, 0.3) is 0 Å². The second kappa shape index (κ2) is 17.8. The normalized spacial score (nSPS) is 19.4. The highest BCUT2D eigenvalue weighted by molar-refractivity contribution is 6.09. The van der Waals surface area contributed by atoms with Crippen molar-refractivity contribution in [2.24, 2.45) is 0 Å². The number of alkyl halides is 3. The summed E-state index contributed by atoms with van der Waals surface area (Å²) >= 11 is 0. The van der Waals surface area contributed by atoms with E-state index in [1.165, 1.54) is 36.0 Å². The van der Waals surface area contributed by atoms with Gasteiger partial charge in [0.25, 0.3) is 0 Å². The Morgan fingerprint density at radius 2 is 1.17 bits per heavy atom. The van der Waals surface area contributed by atoms with Crippen LogP contribution in [0.5, 0.6) is 0 Å². The maximum Gasteiger partial charge on any atom is 0.416 e. The van der Waals surface area contributed by atoms with Gasteiger partial charge in [-0.2, -0.15) is 13.2 Å². The van der Waals surface area contributed by atoms with E-state index in [2.05, 4.69) is 10.6 Å². The van der Waals surface area contributed by atoms with Gasteiger partial charge in [-0.25, -0.2) is 0 Å². The van der Waals surface area contributed by atoms with Crippen molar-refractivity contribution in [1.82, 2.24) is 20.4 Å². The molecule has 282 valence electrons. The van der Waals surface area contributed by atoms with Gasteiger partial charge in [0, 0.05) is 57.5 Å². The van der Waals surface area contributed by atoms with E-state index in [9.17, 15) is 37.1 Å². The van der Waals surface area contributed by atoms with E-state index in [0.717, 1.165) is 17.7 Å². The van der Waals surface area contributed by atoms with Gasteiger partial charge in [0.05, 0.1) is 5.56 Å². The van der Waals surface area contributed by atoms with Crippen molar-refractivity contribution in [2.75, 3.05) is 20.6 Å². The average molecular weight is 741 g/mol. The predicted molar refractivity (Wildman–Crippen MR) is 197 cm³/mol. The number of amides is 4. The van der Waals surface area contributed by atoms with Crippen molar-refractivity contribution in [3.05, 3.63) is 143 Å². The Hall–Kier alpha value is -5.78. The molecule has 1 aliphatic rings. The quantitative estimate of drug-likeness (QED) is 0.235. The maximum atomic E-state index is 14.5. The Morgan fingerprint density at radius 3 is 1.78 bits per heavy atom. The smallest absolute Gasteiger partial charge is 0.354 e. The zero-order chi connectivity index (χ0) is 38.8. The SMILES string of the molecule is CN1C(=O)CCCCNC(=O)[C@H](Cc2ccccc2)N(C)C(=O)[C@H](Cc2ccc(C(=O)c3ccccc3)cc2)NC(=O)[C@@H]1Cc1ccc(C(F)(F)F)cc1. The lowest BCUT2D eigenvalue weighted by atomic mass is 9.97.